The van der Waals surface area contributed by atoms with Gasteiger partial charge in [-0.15, -0.1) is 12.4 Å². The van der Waals surface area contributed by atoms with Gasteiger partial charge < -0.3 is 26.8 Å². The number of urea groups is 1. The lowest BCUT2D eigenvalue weighted by Crippen LogP contribution is -2.81. The molecule has 0 aromatic heterocycles. The zero-order valence-electron chi connectivity index (χ0n) is 14.4. The first-order chi connectivity index (χ1) is 11.3. The molecular weight excluding hydrogens is 344 g/mol. The molecule has 0 bridgehead atoms. The predicted octanol–water partition coefficient (Wildman–Crippen LogP) is 2.07. The third-order valence-electron chi connectivity index (χ3n) is 5.45. The lowest BCUT2D eigenvalue weighted by Gasteiger charge is -2.65. The van der Waals surface area contributed by atoms with Crippen LogP contribution < -0.4 is 22.1 Å². The summed E-state index contributed by atoms with van der Waals surface area (Å²) in [7, 11) is 0. The van der Waals surface area contributed by atoms with E-state index in [1.165, 1.54) is 0 Å². The van der Waals surface area contributed by atoms with E-state index in [9.17, 15) is 9.59 Å². The molecule has 7 nitrogen and oxygen atoms in total. The third-order valence-corrected chi connectivity index (χ3v) is 5.45. The number of carbonyl (C=O) groups is 2. The Balaban J connectivity index is 0.00000225. The van der Waals surface area contributed by atoms with Crippen LogP contribution in [0.15, 0.2) is 24.3 Å². The van der Waals surface area contributed by atoms with Crippen LogP contribution in [0.5, 0.6) is 0 Å². The molecule has 0 spiro atoms. The molecule has 3 rings (SSSR count). The summed E-state index contributed by atoms with van der Waals surface area (Å²) in [6, 6.07) is 6.15. The molecule has 25 heavy (non-hydrogen) atoms. The highest BCUT2D eigenvalue weighted by Crippen LogP contribution is 2.57. The number of halogens is 1. The van der Waals surface area contributed by atoms with Crippen molar-refractivity contribution < 1.29 is 14.3 Å². The van der Waals surface area contributed by atoms with Crippen LogP contribution in [0, 0.1) is 11.3 Å². The number of nitrogens with two attached hydrogens (primary N) is 2. The molecule has 1 aromatic carbocycles. The van der Waals surface area contributed by atoms with Gasteiger partial charge in [-0.3, -0.25) is 4.79 Å². The summed E-state index contributed by atoms with van der Waals surface area (Å²) < 4.78 is 5.83. The maximum absolute atomic E-state index is 12.9. The van der Waals surface area contributed by atoms with E-state index in [0.717, 1.165) is 19.4 Å². The SMILES string of the molecule is CC1(C)C2OCCCC2C1(N)C(=O)Nc1cccc(NC(N)=O)c1.Cl. The number of amides is 3. The number of hydrogen-bond donors (Lipinski definition) is 4. The second-order valence-electron chi connectivity index (χ2n) is 7.15. The highest BCUT2D eigenvalue weighted by Gasteiger charge is 2.70. The Kier molecular flexibility index (Phi) is 5.32. The van der Waals surface area contributed by atoms with E-state index in [2.05, 4.69) is 10.6 Å². The van der Waals surface area contributed by atoms with Crippen molar-refractivity contribution in [1.82, 2.24) is 0 Å². The number of rotatable bonds is 3. The van der Waals surface area contributed by atoms with Gasteiger partial charge in [-0.05, 0) is 31.0 Å². The van der Waals surface area contributed by atoms with Crippen LogP contribution in [0.4, 0.5) is 16.2 Å². The monoisotopic (exact) mass is 368 g/mol. The van der Waals surface area contributed by atoms with E-state index in [-0.39, 0.29) is 30.3 Å². The third kappa shape index (κ3) is 3.07. The van der Waals surface area contributed by atoms with E-state index in [1.807, 2.05) is 13.8 Å². The maximum Gasteiger partial charge on any atom is 0.316 e. The number of benzene rings is 1. The fourth-order valence-corrected chi connectivity index (χ4v) is 4.09. The normalized spacial score (nSPS) is 29.4. The predicted molar refractivity (Wildman–Crippen MR) is 98.7 cm³/mol. The number of carbonyl (C=O) groups excluding carboxylic acids is 2. The second kappa shape index (κ2) is 6.82. The number of fused-ring (bicyclic) bond motifs is 1. The summed E-state index contributed by atoms with van der Waals surface area (Å²) >= 11 is 0. The second-order valence-corrected chi connectivity index (χ2v) is 7.15. The van der Waals surface area contributed by atoms with Crippen molar-refractivity contribution in [3.05, 3.63) is 24.3 Å². The minimum Gasteiger partial charge on any atom is -0.377 e. The van der Waals surface area contributed by atoms with Crippen molar-refractivity contribution in [2.75, 3.05) is 17.2 Å². The Bertz CT molecular complexity index is 682. The molecule has 1 aromatic rings. The summed E-state index contributed by atoms with van der Waals surface area (Å²) in [5.74, 6) is -0.205. The Morgan fingerprint density at radius 3 is 2.52 bits per heavy atom. The number of hydrogen-bond acceptors (Lipinski definition) is 4. The van der Waals surface area contributed by atoms with Crippen LogP contribution in [0.1, 0.15) is 26.7 Å². The van der Waals surface area contributed by atoms with E-state index in [1.54, 1.807) is 24.3 Å². The van der Waals surface area contributed by atoms with Crippen LogP contribution in [-0.2, 0) is 9.53 Å². The first-order valence-corrected chi connectivity index (χ1v) is 8.15. The van der Waals surface area contributed by atoms with E-state index < -0.39 is 17.0 Å². The average Bonchev–Trinajstić information content (AvgIpc) is 2.53. The van der Waals surface area contributed by atoms with Gasteiger partial charge in [-0.1, -0.05) is 19.9 Å². The average molecular weight is 369 g/mol. The zero-order chi connectivity index (χ0) is 17.5. The topological polar surface area (TPSA) is 119 Å². The van der Waals surface area contributed by atoms with Gasteiger partial charge in [0.2, 0.25) is 5.91 Å². The lowest BCUT2D eigenvalue weighted by atomic mass is 9.46. The van der Waals surface area contributed by atoms with Gasteiger partial charge >= 0.3 is 6.03 Å². The zero-order valence-corrected chi connectivity index (χ0v) is 15.2. The van der Waals surface area contributed by atoms with Crippen LogP contribution in [-0.4, -0.2) is 30.2 Å². The van der Waals surface area contributed by atoms with Gasteiger partial charge in [-0.25, -0.2) is 4.79 Å². The van der Waals surface area contributed by atoms with E-state index in [0.29, 0.717) is 11.4 Å². The Morgan fingerprint density at radius 2 is 1.88 bits per heavy atom. The molecule has 1 saturated heterocycles. The number of anilines is 2. The fraction of sp³-hybridized carbons (Fsp3) is 0.529. The maximum atomic E-state index is 12.9. The van der Waals surface area contributed by atoms with Gasteiger partial charge in [0, 0.05) is 29.3 Å². The van der Waals surface area contributed by atoms with E-state index >= 15 is 0 Å². The van der Waals surface area contributed by atoms with Crippen molar-refractivity contribution in [3.63, 3.8) is 0 Å². The first kappa shape index (κ1) is 19.5. The number of ether oxygens (including phenoxy) is 1. The standard InChI is InChI=1S/C17H24N4O3.ClH/c1-16(2)13-12(7-4-8-24-13)17(16,19)14(22)20-10-5-3-6-11(9-10)21-15(18)23;/h3,5-6,9,12-13H,4,7-8,19H2,1-2H3,(H,20,22)(H3,18,21,23);1H. The number of primary amides is 1. The van der Waals surface area contributed by atoms with Gasteiger partial charge in [0.25, 0.3) is 0 Å². The van der Waals surface area contributed by atoms with Crippen molar-refractivity contribution in [2.45, 2.75) is 38.3 Å². The van der Waals surface area contributed by atoms with Crippen LogP contribution in [0.3, 0.4) is 0 Å². The molecule has 138 valence electrons. The summed E-state index contributed by atoms with van der Waals surface area (Å²) in [6.45, 7) is 4.68. The Hall–Kier alpha value is -1.83. The van der Waals surface area contributed by atoms with E-state index in [4.69, 9.17) is 16.2 Å². The fourth-order valence-electron chi connectivity index (χ4n) is 4.09. The Labute approximate surface area is 153 Å². The molecular formula is C17H25ClN4O3. The van der Waals surface area contributed by atoms with Gasteiger partial charge in [0.15, 0.2) is 0 Å². The van der Waals surface area contributed by atoms with Crippen LogP contribution in [0.2, 0.25) is 0 Å². The van der Waals surface area contributed by atoms with Crippen LogP contribution >= 0.6 is 12.4 Å². The number of nitrogens with one attached hydrogen (secondary N) is 2. The van der Waals surface area contributed by atoms with Gasteiger partial charge in [0.05, 0.1) is 6.10 Å². The minimum atomic E-state index is -0.981. The molecule has 3 amide bonds. The summed E-state index contributed by atoms with van der Waals surface area (Å²) in [6.07, 6.45) is 1.83. The van der Waals surface area contributed by atoms with Crippen LogP contribution in [0.25, 0.3) is 0 Å². The van der Waals surface area contributed by atoms with Crippen molar-refractivity contribution >= 4 is 35.7 Å². The first-order valence-electron chi connectivity index (χ1n) is 8.15. The van der Waals surface area contributed by atoms with Crippen molar-refractivity contribution in [1.29, 1.82) is 0 Å². The molecule has 1 saturated carbocycles. The van der Waals surface area contributed by atoms with Gasteiger partial charge in [-0.2, -0.15) is 0 Å². The Morgan fingerprint density at radius 1 is 1.24 bits per heavy atom. The lowest BCUT2D eigenvalue weighted by molar-refractivity contribution is -0.222. The molecule has 2 aliphatic rings. The highest BCUT2D eigenvalue weighted by atomic mass is 35.5. The minimum absolute atomic E-state index is 0. The summed E-state index contributed by atoms with van der Waals surface area (Å²) in [4.78, 5) is 23.9. The van der Waals surface area contributed by atoms with Crippen molar-refractivity contribution in [2.24, 2.45) is 22.8 Å². The summed E-state index contributed by atoms with van der Waals surface area (Å²) in [5, 5.41) is 5.36. The molecule has 6 N–H and O–H groups in total. The smallest absolute Gasteiger partial charge is 0.316 e. The molecule has 2 fully saturated rings. The van der Waals surface area contributed by atoms with Gasteiger partial charge in [0.1, 0.15) is 5.54 Å². The van der Waals surface area contributed by atoms with Crippen molar-refractivity contribution in [3.8, 4) is 0 Å². The molecule has 1 heterocycles. The quantitative estimate of drug-likeness (QED) is 0.652. The molecule has 1 aliphatic carbocycles. The molecule has 3 unspecified atom stereocenters. The molecule has 1 aliphatic heterocycles. The largest absolute Gasteiger partial charge is 0.377 e. The summed E-state index contributed by atoms with van der Waals surface area (Å²) in [5.41, 5.74) is 11.3. The molecule has 0 radical (unpaired) electrons. The highest BCUT2D eigenvalue weighted by molar-refractivity contribution is 6.01. The molecule has 3 atom stereocenters. The molecule has 8 heteroatoms.